The molecular weight excluding hydrogens is 162 g/mol. The molecule has 1 heterocycles. The predicted molar refractivity (Wildman–Crippen MR) is 56.3 cm³/mol. The van der Waals surface area contributed by atoms with Crippen molar-refractivity contribution in [3.63, 3.8) is 0 Å². The minimum absolute atomic E-state index is 0.651. The fraction of sp³-hybridized carbons (Fsp3) is 0.900. The molecule has 0 aliphatic carbocycles. The minimum Gasteiger partial charge on any atom is -0.358 e. The van der Waals surface area contributed by atoms with Crippen LogP contribution in [-0.4, -0.2) is 47.9 Å². The van der Waals surface area contributed by atoms with Gasteiger partial charge in [-0.2, -0.15) is 0 Å². The summed E-state index contributed by atoms with van der Waals surface area (Å²) >= 11 is 0. The van der Waals surface area contributed by atoms with Crippen molar-refractivity contribution in [1.82, 2.24) is 9.80 Å². The van der Waals surface area contributed by atoms with Crippen molar-refractivity contribution in [3.05, 3.63) is 0 Å². The predicted octanol–water partition coefficient (Wildman–Crippen LogP) is 1.40. The standard InChI is InChI=1S/C10H21N3/c1-4-10(11)13-7-5-12(6-8-13)9(2)3/h9,11H,4-8H2,1-3H3. The normalized spacial score (nSPS) is 19.5. The Balaban J connectivity index is 2.34. The van der Waals surface area contributed by atoms with Crippen LogP contribution in [0.2, 0.25) is 0 Å². The van der Waals surface area contributed by atoms with E-state index in [0.717, 1.165) is 38.4 Å². The first kappa shape index (κ1) is 10.5. The van der Waals surface area contributed by atoms with Crippen LogP contribution in [0.1, 0.15) is 27.2 Å². The molecule has 0 aromatic carbocycles. The molecule has 1 fully saturated rings. The van der Waals surface area contributed by atoms with Gasteiger partial charge in [-0.25, -0.2) is 0 Å². The van der Waals surface area contributed by atoms with Crippen LogP contribution in [0.25, 0.3) is 0 Å². The highest BCUT2D eigenvalue weighted by molar-refractivity contribution is 5.78. The van der Waals surface area contributed by atoms with Crippen LogP contribution in [0.5, 0.6) is 0 Å². The van der Waals surface area contributed by atoms with Gasteiger partial charge in [-0.1, -0.05) is 6.92 Å². The summed E-state index contributed by atoms with van der Waals surface area (Å²) in [6, 6.07) is 0.651. The number of rotatable bonds is 2. The topological polar surface area (TPSA) is 30.3 Å². The Hall–Kier alpha value is -0.570. The van der Waals surface area contributed by atoms with E-state index in [2.05, 4.69) is 30.6 Å². The molecule has 3 nitrogen and oxygen atoms in total. The molecule has 0 aromatic heterocycles. The quantitative estimate of drug-likeness (QED) is 0.518. The van der Waals surface area contributed by atoms with Crippen molar-refractivity contribution in [1.29, 1.82) is 5.41 Å². The van der Waals surface area contributed by atoms with Gasteiger partial charge < -0.3 is 4.90 Å². The van der Waals surface area contributed by atoms with Gasteiger partial charge in [-0.05, 0) is 13.8 Å². The van der Waals surface area contributed by atoms with Crippen LogP contribution in [-0.2, 0) is 0 Å². The second kappa shape index (κ2) is 4.61. The summed E-state index contributed by atoms with van der Waals surface area (Å²) in [6.07, 6.45) is 0.863. The molecule has 1 rings (SSSR count). The molecule has 0 radical (unpaired) electrons. The van der Waals surface area contributed by atoms with Crippen molar-refractivity contribution in [2.45, 2.75) is 33.2 Å². The largest absolute Gasteiger partial charge is 0.358 e. The Morgan fingerprint density at radius 3 is 2.15 bits per heavy atom. The third-order valence-electron chi connectivity index (χ3n) is 2.76. The first-order chi connectivity index (χ1) is 6.15. The molecule has 1 aliphatic heterocycles. The Morgan fingerprint density at radius 1 is 1.23 bits per heavy atom. The van der Waals surface area contributed by atoms with Gasteiger partial charge in [0.25, 0.3) is 0 Å². The minimum atomic E-state index is 0.651. The molecule has 3 heteroatoms. The van der Waals surface area contributed by atoms with E-state index in [1.54, 1.807) is 0 Å². The number of hydrogen-bond donors (Lipinski definition) is 1. The van der Waals surface area contributed by atoms with E-state index in [1.807, 2.05) is 0 Å². The fourth-order valence-electron chi connectivity index (χ4n) is 1.73. The zero-order valence-corrected chi connectivity index (χ0v) is 9.01. The summed E-state index contributed by atoms with van der Waals surface area (Å²) in [5, 5.41) is 7.71. The average Bonchev–Trinajstić information content (AvgIpc) is 2.17. The van der Waals surface area contributed by atoms with E-state index in [-0.39, 0.29) is 0 Å². The van der Waals surface area contributed by atoms with Gasteiger partial charge in [0.1, 0.15) is 0 Å². The van der Waals surface area contributed by atoms with Crippen molar-refractivity contribution in [2.75, 3.05) is 26.2 Å². The number of nitrogens with zero attached hydrogens (tertiary/aromatic N) is 2. The van der Waals surface area contributed by atoms with Gasteiger partial charge in [-0.3, -0.25) is 10.3 Å². The van der Waals surface area contributed by atoms with Crippen LogP contribution >= 0.6 is 0 Å². The van der Waals surface area contributed by atoms with Gasteiger partial charge >= 0.3 is 0 Å². The number of hydrogen-bond acceptors (Lipinski definition) is 2. The fourth-order valence-corrected chi connectivity index (χ4v) is 1.73. The highest BCUT2D eigenvalue weighted by atomic mass is 15.3. The Bertz CT molecular complexity index is 169. The van der Waals surface area contributed by atoms with Gasteiger partial charge in [0.05, 0.1) is 5.84 Å². The van der Waals surface area contributed by atoms with E-state index in [4.69, 9.17) is 5.41 Å². The van der Waals surface area contributed by atoms with E-state index in [0.29, 0.717) is 6.04 Å². The summed E-state index contributed by atoms with van der Waals surface area (Å²) in [4.78, 5) is 4.66. The van der Waals surface area contributed by atoms with Gasteiger partial charge in [0.2, 0.25) is 0 Å². The van der Waals surface area contributed by atoms with E-state index in [9.17, 15) is 0 Å². The average molecular weight is 183 g/mol. The van der Waals surface area contributed by atoms with Gasteiger partial charge in [-0.15, -0.1) is 0 Å². The van der Waals surface area contributed by atoms with Crippen molar-refractivity contribution in [2.24, 2.45) is 0 Å². The van der Waals surface area contributed by atoms with Crippen molar-refractivity contribution >= 4 is 5.84 Å². The van der Waals surface area contributed by atoms with E-state index < -0.39 is 0 Å². The van der Waals surface area contributed by atoms with Gasteiger partial charge in [0.15, 0.2) is 0 Å². The summed E-state index contributed by atoms with van der Waals surface area (Å²) in [7, 11) is 0. The molecule has 0 amide bonds. The number of piperazine rings is 1. The lowest BCUT2D eigenvalue weighted by molar-refractivity contribution is 0.147. The molecular formula is C10H21N3. The highest BCUT2D eigenvalue weighted by Gasteiger charge is 2.19. The number of nitrogens with one attached hydrogen (secondary N) is 1. The molecule has 0 bridgehead atoms. The zero-order valence-electron chi connectivity index (χ0n) is 9.01. The molecule has 1 N–H and O–H groups in total. The molecule has 0 saturated carbocycles. The lowest BCUT2D eigenvalue weighted by Gasteiger charge is -2.37. The summed E-state index contributed by atoms with van der Waals surface area (Å²) in [5.74, 6) is 0.795. The van der Waals surface area contributed by atoms with Crippen LogP contribution < -0.4 is 0 Å². The van der Waals surface area contributed by atoms with E-state index >= 15 is 0 Å². The second-order valence-corrected chi connectivity index (χ2v) is 3.92. The molecule has 1 saturated heterocycles. The first-order valence-corrected chi connectivity index (χ1v) is 5.21. The SMILES string of the molecule is CCC(=N)N1CCN(C(C)C)CC1. The molecule has 1 aliphatic rings. The summed E-state index contributed by atoms with van der Waals surface area (Å²) < 4.78 is 0. The van der Waals surface area contributed by atoms with Crippen LogP contribution in [0.4, 0.5) is 0 Å². The molecule has 0 atom stereocenters. The third kappa shape index (κ3) is 2.69. The summed E-state index contributed by atoms with van der Waals surface area (Å²) in [6.45, 7) is 10.8. The lowest BCUT2D eigenvalue weighted by Crippen LogP contribution is -2.50. The first-order valence-electron chi connectivity index (χ1n) is 5.21. The molecule has 0 spiro atoms. The smallest absolute Gasteiger partial charge is 0.0955 e. The molecule has 76 valence electrons. The monoisotopic (exact) mass is 183 g/mol. The van der Waals surface area contributed by atoms with E-state index in [1.165, 1.54) is 0 Å². The highest BCUT2D eigenvalue weighted by Crippen LogP contribution is 2.06. The maximum absolute atomic E-state index is 7.71. The lowest BCUT2D eigenvalue weighted by atomic mass is 10.2. The Morgan fingerprint density at radius 2 is 1.77 bits per heavy atom. The second-order valence-electron chi connectivity index (χ2n) is 3.92. The molecule has 13 heavy (non-hydrogen) atoms. The summed E-state index contributed by atoms with van der Waals surface area (Å²) in [5.41, 5.74) is 0. The van der Waals surface area contributed by atoms with Crippen molar-refractivity contribution in [3.8, 4) is 0 Å². The maximum atomic E-state index is 7.71. The Labute approximate surface area is 81.2 Å². The van der Waals surface area contributed by atoms with Crippen LogP contribution in [0.15, 0.2) is 0 Å². The van der Waals surface area contributed by atoms with Gasteiger partial charge in [0, 0.05) is 38.6 Å². The zero-order chi connectivity index (χ0) is 9.84. The number of amidine groups is 1. The van der Waals surface area contributed by atoms with Crippen LogP contribution in [0.3, 0.4) is 0 Å². The van der Waals surface area contributed by atoms with Crippen LogP contribution in [0, 0.1) is 5.41 Å². The van der Waals surface area contributed by atoms with Crippen molar-refractivity contribution < 1.29 is 0 Å². The maximum Gasteiger partial charge on any atom is 0.0955 e. The Kier molecular flexibility index (Phi) is 3.72. The molecule has 0 unspecified atom stereocenters. The third-order valence-corrected chi connectivity index (χ3v) is 2.76. The molecule has 0 aromatic rings.